The number of fused-ring (bicyclic) bond motifs is 1. The lowest BCUT2D eigenvalue weighted by Gasteiger charge is -2.46. The van der Waals surface area contributed by atoms with Crippen LogP contribution in [0.4, 0.5) is 4.79 Å². The maximum atomic E-state index is 12.3. The summed E-state index contributed by atoms with van der Waals surface area (Å²) >= 11 is 0. The van der Waals surface area contributed by atoms with Crippen molar-refractivity contribution in [3.63, 3.8) is 0 Å². The van der Waals surface area contributed by atoms with Crippen molar-refractivity contribution >= 4 is 12.0 Å². The molecule has 0 bridgehead atoms. The number of hydrogen-bond donors (Lipinski definition) is 2. The van der Waals surface area contributed by atoms with Gasteiger partial charge in [-0.05, 0) is 45.2 Å². The molecule has 2 unspecified atom stereocenters. The van der Waals surface area contributed by atoms with Crippen LogP contribution in [0.5, 0.6) is 0 Å². The Morgan fingerprint density at radius 2 is 2.10 bits per heavy atom. The lowest BCUT2D eigenvalue weighted by Crippen LogP contribution is -2.57. The van der Waals surface area contributed by atoms with E-state index in [-0.39, 0.29) is 6.03 Å². The number of carbonyl (C=O) groups is 2. The van der Waals surface area contributed by atoms with Gasteiger partial charge in [0.25, 0.3) is 0 Å². The summed E-state index contributed by atoms with van der Waals surface area (Å²) in [5.74, 6) is -0.421. The smallest absolute Gasteiger partial charge is 0.326 e. The fourth-order valence-corrected chi connectivity index (χ4v) is 3.62. The van der Waals surface area contributed by atoms with E-state index in [1.165, 1.54) is 6.42 Å². The van der Waals surface area contributed by atoms with Gasteiger partial charge in [-0.1, -0.05) is 13.3 Å². The van der Waals surface area contributed by atoms with Crippen molar-refractivity contribution in [1.82, 2.24) is 15.1 Å². The fourth-order valence-electron chi connectivity index (χ4n) is 3.62. The van der Waals surface area contributed by atoms with Gasteiger partial charge in [-0.2, -0.15) is 0 Å². The topological polar surface area (TPSA) is 72.9 Å². The second-order valence-corrected chi connectivity index (χ2v) is 6.31. The molecule has 6 heteroatoms. The zero-order chi connectivity index (χ0) is 15.4. The molecule has 2 fully saturated rings. The van der Waals surface area contributed by atoms with Gasteiger partial charge in [0.1, 0.15) is 6.04 Å². The Hall–Kier alpha value is -1.30. The second kappa shape index (κ2) is 7.11. The van der Waals surface area contributed by atoms with Crippen LogP contribution in [0.25, 0.3) is 0 Å². The van der Waals surface area contributed by atoms with Crippen LogP contribution in [0, 0.1) is 5.92 Å². The molecular formula is C15H27N3O3. The van der Waals surface area contributed by atoms with Gasteiger partial charge in [0.05, 0.1) is 0 Å². The van der Waals surface area contributed by atoms with E-state index >= 15 is 0 Å². The Bertz CT molecular complexity index is 388. The molecular weight excluding hydrogens is 270 g/mol. The van der Waals surface area contributed by atoms with Gasteiger partial charge in [-0.15, -0.1) is 0 Å². The summed E-state index contributed by atoms with van der Waals surface area (Å²) in [4.78, 5) is 27.6. The van der Waals surface area contributed by atoms with Crippen molar-refractivity contribution in [1.29, 1.82) is 0 Å². The number of amides is 2. The summed E-state index contributed by atoms with van der Waals surface area (Å²) < 4.78 is 0. The zero-order valence-electron chi connectivity index (χ0n) is 13.0. The van der Waals surface area contributed by atoms with E-state index in [4.69, 9.17) is 5.11 Å². The van der Waals surface area contributed by atoms with E-state index < -0.39 is 12.0 Å². The van der Waals surface area contributed by atoms with Crippen molar-refractivity contribution in [3.05, 3.63) is 0 Å². The standard InChI is InChI=1S/C15H27N3O3/c1-3-5-12(14(19)20)16-15(21)18-9-7-13-11(10-18)6-4-8-17(13)2/h11-13H,3-10H2,1-2H3,(H,16,21)(H,19,20)/t11?,12-,13?/m1/s1. The lowest BCUT2D eigenvalue weighted by molar-refractivity contribution is -0.139. The molecule has 120 valence electrons. The Morgan fingerprint density at radius 1 is 1.33 bits per heavy atom. The van der Waals surface area contributed by atoms with Gasteiger partial charge in [-0.25, -0.2) is 9.59 Å². The summed E-state index contributed by atoms with van der Waals surface area (Å²) in [5.41, 5.74) is 0. The van der Waals surface area contributed by atoms with Crippen LogP contribution in [0.2, 0.25) is 0 Å². The molecule has 2 saturated heterocycles. The first-order valence-electron chi connectivity index (χ1n) is 8.01. The molecule has 0 aromatic carbocycles. The number of aliphatic carboxylic acids is 1. The number of nitrogens with zero attached hydrogens (tertiary/aromatic N) is 2. The summed E-state index contributed by atoms with van der Waals surface area (Å²) in [6, 6.07) is -0.412. The Balaban J connectivity index is 1.90. The van der Waals surface area contributed by atoms with E-state index in [1.807, 2.05) is 6.92 Å². The van der Waals surface area contributed by atoms with Crippen LogP contribution < -0.4 is 5.32 Å². The maximum Gasteiger partial charge on any atom is 0.326 e. The quantitative estimate of drug-likeness (QED) is 0.822. The molecule has 0 spiro atoms. The summed E-state index contributed by atoms with van der Waals surface area (Å²) in [6.07, 6.45) is 4.55. The normalized spacial score (nSPS) is 27.8. The minimum absolute atomic E-state index is 0.220. The van der Waals surface area contributed by atoms with Crippen LogP contribution in [0.1, 0.15) is 39.0 Å². The van der Waals surface area contributed by atoms with Gasteiger partial charge in [0.2, 0.25) is 0 Å². The molecule has 2 aliphatic rings. The highest BCUT2D eigenvalue weighted by atomic mass is 16.4. The van der Waals surface area contributed by atoms with Gasteiger partial charge in [0.15, 0.2) is 0 Å². The first-order valence-corrected chi connectivity index (χ1v) is 8.01. The monoisotopic (exact) mass is 297 g/mol. The van der Waals surface area contributed by atoms with Crippen LogP contribution in [-0.2, 0) is 4.79 Å². The first-order chi connectivity index (χ1) is 10.0. The average molecular weight is 297 g/mol. The second-order valence-electron chi connectivity index (χ2n) is 6.31. The maximum absolute atomic E-state index is 12.3. The first kappa shape index (κ1) is 16.1. The number of carboxylic acids is 1. The third kappa shape index (κ3) is 3.87. The minimum Gasteiger partial charge on any atom is -0.480 e. The van der Waals surface area contributed by atoms with Crippen molar-refractivity contribution in [2.24, 2.45) is 5.92 Å². The van der Waals surface area contributed by atoms with Crippen LogP contribution in [-0.4, -0.2) is 65.7 Å². The highest BCUT2D eigenvalue weighted by molar-refractivity contribution is 5.82. The van der Waals surface area contributed by atoms with Crippen LogP contribution >= 0.6 is 0 Å². The number of likely N-dealkylation sites (tertiary alicyclic amines) is 2. The van der Waals surface area contributed by atoms with Crippen molar-refractivity contribution < 1.29 is 14.7 Å². The Morgan fingerprint density at radius 3 is 2.76 bits per heavy atom. The van der Waals surface area contributed by atoms with Crippen molar-refractivity contribution in [2.75, 3.05) is 26.7 Å². The molecule has 6 nitrogen and oxygen atoms in total. The average Bonchev–Trinajstić information content (AvgIpc) is 2.46. The third-order valence-corrected chi connectivity index (χ3v) is 4.81. The molecule has 21 heavy (non-hydrogen) atoms. The molecule has 3 atom stereocenters. The number of carboxylic acid groups (broad SMARTS) is 1. The van der Waals surface area contributed by atoms with E-state index in [2.05, 4.69) is 17.3 Å². The van der Waals surface area contributed by atoms with Gasteiger partial charge in [0, 0.05) is 19.1 Å². The van der Waals surface area contributed by atoms with E-state index in [9.17, 15) is 9.59 Å². The molecule has 0 aromatic rings. The molecule has 2 amide bonds. The van der Waals surface area contributed by atoms with Crippen LogP contribution in [0.3, 0.4) is 0 Å². The predicted molar refractivity (Wildman–Crippen MR) is 80.2 cm³/mol. The van der Waals surface area contributed by atoms with Crippen molar-refractivity contribution in [3.8, 4) is 0 Å². The molecule has 0 aliphatic carbocycles. The van der Waals surface area contributed by atoms with E-state index in [0.717, 1.165) is 38.9 Å². The molecule has 2 rings (SSSR count). The fraction of sp³-hybridized carbons (Fsp3) is 0.867. The third-order valence-electron chi connectivity index (χ3n) is 4.81. The van der Waals surface area contributed by atoms with Gasteiger partial charge >= 0.3 is 12.0 Å². The molecule has 2 N–H and O–H groups in total. The number of carbonyl (C=O) groups excluding carboxylic acids is 1. The SMILES string of the molecule is CCC[C@@H](NC(=O)N1CCC2C(CCCN2C)C1)C(=O)O. The largest absolute Gasteiger partial charge is 0.480 e. The predicted octanol–water partition coefficient (Wildman–Crippen LogP) is 1.37. The van der Waals surface area contributed by atoms with Gasteiger partial charge in [-0.3, -0.25) is 0 Å². The molecule has 0 aromatic heterocycles. The Labute approximate surface area is 126 Å². The number of rotatable bonds is 4. The lowest BCUT2D eigenvalue weighted by atomic mass is 9.84. The number of nitrogens with one attached hydrogen (secondary N) is 1. The molecule has 0 radical (unpaired) electrons. The Kier molecular flexibility index (Phi) is 5.45. The molecule has 2 heterocycles. The molecule has 0 saturated carbocycles. The minimum atomic E-state index is -0.947. The molecule has 2 aliphatic heterocycles. The van der Waals surface area contributed by atoms with Crippen molar-refractivity contribution in [2.45, 2.75) is 51.1 Å². The van der Waals surface area contributed by atoms with Crippen LogP contribution in [0.15, 0.2) is 0 Å². The number of urea groups is 1. The summed E-state index contributed by atoms with van der Waals surface area (Å²) in [6.45, 7) is 4.53. The summed E-state index contributed by atoms with van der Waals surface area (Å²) in [7, 11) is 2.16. The van der Waals surface area contributed by atoms with E-state index in [0.29, 0.717) is 18.4 Å². The zero-order valence-corrected chi connectivity index (χ0v) is 13.0. The van der Waals surface area contributed by atoms with E-state index in [1.54, 1.807) is 4.90 Å². The number of hydrogen-bond acceptors (Lipinski definition) is 3. The number of piperidine rings is 2. The summed E-state index contributed by atoms with van der Waals surface area (Å²) in [5, 5.41) is 11.8. The highest BCUT2D eigenvalue weighted by Gasteiger charge is 2.36. The van der Waals surface area contributed by atoms with Gasteiger partial charge < -0.3 is 20.2 Å². The highest BCUT2D eigenvalue weighted by Crippen LogP contribution is 2.29.